The van der Waals surface area contributed by atoms with Gasteiger partial charge in [0.2, 0.25) is 5.95 Å². The number of benzene rings is 3. The molecule has 4 rings (SSSR count). The van der Waals surface area contributed by atoms with E-state index >= 15 is 0 Å². The molecular weight excluding hydrogens is 578 g/mol. The van der Waals surface area contributed by atoms with Gasteiger partial charge in [-0.2, -0.15) is 31.3 Å². The fraction of sp³-hybridized carbons (Fsp3) is 0.172. The van der Waals surface area contributed by atoms with E-state index in [0.717, 1.165) is 24.3 Å². The minimum absolute atomic E-state index is 0.00532. The number of nitrogens with zero attached hydrogens (tertiary/aromatic N) is 2. The second-order valence-electron chi connectivity index (χ2n) is 9.37. The van der Waals surface area contributed by atoms with Crippen molar-refractivity contribution in [3.63, 3.8) is 0 Å². The van der Waals surface area contributed by atoms with Crippen LogP contribution in [0.1, 0.15) is 43.0 Å². The molecule has 0 atom stereocenters. The molecule has 4 N–H and O–H groups in total. The number of rotatable bonds is 7. The number of halogens is 6. The van der Waals surface area contributed by atoms with Crippen LogP contribution in [0.15, 0.2) is 66.9 Å². The number of nitrogens with one attached hydrogen (secondary N) is 4. The van der Waals surface area contributed by atoms with Crippen molar-refractivity contribution in [2.45, 2.75) is 26.2 Å². The molecule has 0 saturated carbocycles. The van der Waals surface area contributed by atoms with Crippen LogP contribution < -0.4 is 21.3 Å². The minimum Gasteiger partial charge on any atom is -0.372 e. The maximum Gasteiger partial charge on any atom is 0.416 e. The lowest BCUT2D eigenvalue weighted by atomic mass is 10.1. The summed E-state index contributed by atoms with van der Waals surface area (Å²) in [7, 11) is 1.49. The van der Waals surface area contributed by atoms with E-state index in [1.165, 1.54) is 50.5 Å². The average Bonchev–Trinajstić information content (AvgIpc) is 2.94. The highest BCUT2D eigenvalue weighted by atomic mass is 19.4. The lowest BCUT2D eigenvalue weighted by Gasteiger charge is -2.15. The van der Waals surface area contributed by atoms with E-state index in [1.54, 1.807) is 13.0 Å². The summed E-state index contributed by atoms with van der Waals surface area (Å²) in [5, 5.41) is 10.6. The van der Waals surface area contributed by atoms with Crippen LogP contribution in [0.3, 0.4) is 0 Å². The second kappa shape index (κ2) is 12.0. The summed E-state index contributed by atoms with van der Waals surface area (Å²) in [4.78, 5) is 34.0. The van der Waals surface area contributed by atoms with E-state index in [2.05, 4.69) is 31.2 Å². The van der Waals surface area contributed by atoms with Crippen molar-refractivity contribution in [2.24, 2.45) is 0 Å². The summed E-state index contributed by atoms with van der Waals surface area (Å²) in [6.45, 7) is 3.03. The van der Waals surface area contributed by atoms with Crippen molar-refractivity contribution in [2.75, 3.05) is 28.3 Å². The predicted molar refractivity (Wildman–Crippen MR) is 150 cm³/mol. The van der Waals surface area contributed by atoms with E-state index in [4.69, 9.17) is 0 Å². The molecule has 0 aliphatic heterocycles. The van der Waals surface area contributed by atoms with Crippen LogP contribution in [0.25, 0.3) is 0 Å². The lowest BCUT2D eigenvalue weighted by molar-refractivity contribution is -0.138. The molecule has 1 heterocycles. The molecule has 0 aliphatic carbocycles. The summed E-state index contributed by atoms with van der Waals surface area (Å²) in [5.41, 5.74) is -0.725. The zero-order chi connectivity index (χ0) is 31.5. The lowest BCUT2D eigenvalue weighted by Crippen LogP contribution is -2.17. The van der Waals surface area contributed by atoms with Gasteiger partial charge in [-0.05, 0) is 67.4 Å². The number of hydrogen-bond acceptors (Lipinski definition) is 6. The van der Waals surface area contributed by atoms with Crippen molar-refractivity contribution >= 4 is 40.6 Å². The first-order valence-electron chi connectivity index (χ1n) is 12.6. The third-order valence-electron chi connectivity index (χ3n) is 6.27. The smallest absolute Gasteiger partial charge is 0.372 e. The number of carbonyl (C=O) groups excluding carboxylic acids is 2. The number of anilines is 5. The van der Waals surface area contributed by atoms with Gasteiger partial charge in [0.1, 0.15) is 11.4 Å². The molecule has 1 aromatic heterocycles. The summed E-state index contributed by atoms with van der Waals surface area (Å²) in [6, 6.07) is 12.2. The van der Waals surface area contributed by atoms with E-state index in [0.29, 0.717) is 5.56 Å². The van der Waals surface area contributed by atoms with Gasteiger partial charge in [-0.15, -0.1) is 0 Å². The van der Waals surface area contributed by atoms with Crippen LogP contribution >= 0.6 is 0 Å². The summed E-state index contributed by atoms with van der Waals surface area (Å²) >= 11 is 0. The van der Waals surface area contributed by atoms with Gasteiger partial charge in [-0.1, -0.05) is 18.2 Å². The Kier molecular flexibility index (Phi) is 8.60. The molecule has 0 aliphatic rings. The fourth-order valence-electron chi connectivity index (χ4n) is 4.00. The Morgan fingerprint density at radius 2 is 1.47 bits per heavy atom. The van der Waals surface area contributed by atoms with Crippen LogP contribution in [0.2, 0.25) is 0 Å². The molecule has 0 saturated heterocycles. The Labute approximate surface area is 241 Å². The van der Waals surface area contributed by atoms with Gasteiger partial charge in [0, 0.05) is 35.9 Å². The first kappa shape index (κ1) is 30.8. The number of hydrogen-bond donors (Lipinski definition) is 4. The zero-order valence-corrected chi connectivity index (χ0v) is 22.8. The molecule has 0 fully saturated rings. The van der Waals surface area contributed by atoms with Crippen molar-refractivity contribution in [1.29, 1.82) is 0 Å². The Hall–Kier alpha value is -5.14. The van der Waals surface area contributed by atoms with E-state index in [1.807, 2.05) is 0 Å². The van der Waals surface area contributed by atoms with Crippen molar-refractivity contribution in [1.82, 2.24) is 9.97 Å². The molecule has 0 unspecified atom stereocenters. The van der Waals surface area contributed by atoms with Gasteiger partial charge in [0.05, 0.1) is 11.1 Å². The highest BCUT2D eigenvalue weighted by Crippen LogP contribution is 2.34. The second-order valence-corrected chi connectivity index (χ2v) is 9.37. The largest absolute Gasteiger partial charge is 0.416 e. The third-order valence-corrected chi connectivity index (χ3v) is 6.27. The van der Waals surface area contributed by atoms with Gasteiger partial charge in [0.25, 0.3) is 11.8 Å². The SMILES string of the molecule is CNc1nc(Nc2ccc(C)c(C(F)(F)F)c2)ncc1C(=O)Nc1cc(NC(=O)c2cccc(C(F)(F)F)c2)ccc1C. The summed E-state index contributed by atoms with van der Waals surface area (Å²) in [6.07, 6.45) is -7.97. The highest BCUT2D eigenvalue weighted by molar-refractivity contribution is 6.08. The fourth-order valence-corrected chi connectivity index (χ4v) is 4.00. The van der Waals surface area contributed by atoms with Crippen molar-refractivity contribution in [3.8, 4) is 0 Å². The molecular formula is C29H24F6N6O2. The third kappa shape index (κ3) is 7.39. The average molecular weight is 603 g/mol. The van der Waals surface area contributed by atoms with Crippen molar-refractivity contribution in [3.05, 3.63) is 100 Å². The molecule has 4 aromatic rings. The van der Waals surface area contributed by atoms with E-state index < -0.39 is 35.3 Å². The molecule has 224 valence electrons. The Morgan fingerprint density at radius 1 is 0.767 bits per heavy atom. The molecule has 0 spiro atoms. The maximum atomic E-state index is 13.3. The molecule has 2 amide bonds. The van der Waals surface area contributed by atoms with Gasteiger partial charge in [0.15, 0.2) is 0 Å². The quantitative estimate of drug-likeness (QED) is 0.164. The number of aromatic nitrogens is 2. The van der Waals surface area contributed by atoms with Crippen molar-refractivity contribution < 1.29 is 35.9 Å². The number of amides is 2. The standard InChI is InChI=1S/C29H24F6N6O2/c1-15-7-9-19(12-22(15)29(33,34)35)39-27-37-14-21(24(36-3)41-27)26(43)40-23-13-20(10-8-16(23)2)38-25(42)17-5-4-6-18(11-17)28(30,31)32/h4-14H,1-3H3,(H,38,42)(H,40,43)(H2,36,37,39,41). The first-order valence-corrected chi connectivity index (χ1v) is 12.6. The highest BCUT2D eigenvalue weighted by Gasteiger charge is 2.33. The zero-order valence-electron chi connectivity index (χ0n) is 22.8. The first-order chi connectivity index (χ1) is 20.2. The van der Waals surface area contributed by atoms with Gasteiger partial charge < -0.3 is 21.3 Å². The van der Waals surface area contributed by atoms with Crippen LogP contribution in [0.5, 0.6) is 0 Å². The Balaban J connectivity index is 1.51. The van der Waals surface area contributed by atoms with Crippen LogP contribution in [-0.2, 0) is 12.4 Å². The van der Waals surface area contributed by atoms with Gasteiger partial charge >= 0.3 is 12.4 Å². The van der Waals surface area contributed by atoms with E-state index in [-0.39, 0.29) is 45.5 Å². The monoisotopic (exact) mass is 602 g/mol. The number of alkyl halides is 6. The molecule has 14 heteroatoms. The summed E-state index contributed by atoms with van der Waals surface area (Å²) in [5.74, 6) is -1.41. The maximum absolute atomic E-state index is 13.3. The van der Waals surface area contributed by atoms with E-state index in [9.17, 15) is 35.9 Å². The predicted octanol–water partition coefficient (Wildman–Crippen LogP) is 7.42. The summed E-state index contributed by atoms with van der Waals surface area (Å²) < 4.78 is 78.9. The van der Waals surface area contributed by atoms with Gasteiger partial charge in [-0.25, -0.2) is 4.98 Å². The molecule has 3 aromatic carbocycles. The molecule has 8 nitrogen and oxygen atoms in total. The number of carbonyl (C=O) groups is 2. The molecule has 43 heavy (non-hydrogen) atoms. The van der Waals surface area contributed by atoms with Crippen LogP contribution in [-0.4, -0.2) is 28.8 Å². The van der Waals surface area contributed by atoms with Crippen LogP contribution in [0.4, 0.5) is 55.2 Å². The molecule has 0 bridgehead atoms. The Morgan fingerprint density at radius 3 is 2.14 bits per heavy atom. The van der Waals surface area contributed by atoms with Crippen LogP contribution in [0, 0.1) is 13.8 Å². The Bertz CT molecular complexity index is 1690. The topological polar surface area (TPSA) is 108 Å². The molecule has 0 radical (unpaired) electrons. The van der Waals surface area contributed by atoms with Gasteiger partial charge in [-0.3, -0.25) is 9.59 Å². The number of aryl methyl sites for hydroxylation is 2. The minimum atomic E-state index is -4.61. The normalized spacial score (nSPS) is 11.6.